The second-order valence-corrected chi connectivity index (χ2v) is 5.65. The van der Waals surface area contributed by atoms with E-state index in [0.717, 1.165) is 43.2 Å². The second kappa shape index (κ2) is 5.24. The molecule has 1 aromatic carbocycles. The zero-order valence-electron chi connectivity index (χ0n) is 11.5. The number of fused-ring (bicyclic) bond motifs is 1. The van der Waals surface area contributed by atoms with Crippen molar-refractivity contribution in [2.24, 2.45) is 5.92 Å². The van der Waals surface area contributed by atoms with Crippen LogP contribution in [0.1, 0.15) is 31.7 Å². The third-order valence-electron chi connectivity index (χ3n) is 3.90. The van der Waals surface area contributed by atoms with Crippen LogP contribution in [0.15, 0.2) is 24.3 Å². The van der Waals surface area contributed by atoms with E-state index in [9.17, 15) is 4.79 Å². The summed E-state index contributed by atoms with van der Waals surface area (Å²) in [6.07, 6.45) is 3.99. The Morgan fingerprint density at radius 2 is 2.16 bits per heavy atom. The molecule has 0 aromatic heterocycles. The average molecular weight is 259 g/mol. The van der Waals surface area contributed by atoms with E-state index < -0.39 is 0 Å². The van der Waals surface area contributed by atoms with E-state index >= 15 is 0 Å². The van der Waals surface area contributed by atoms with Gasteiger partial charge in [-0.15, -0.1) is 0 Å². The van der Waals surface area contributed by atoms with Gasteiger partial charge in [0.15, 0.2) is 6.10 Å². The lowest BCUT2D eigenvalue weighted by Crippen LogP contribution is -2.42. The molecule has 1 saturated carbocycles. The Hall–Kier alpha value is -1.51. The first-order chi connectivity index (χ1) is 9.28. The van der Waals surface area contributed by atoms with Crippen LogP contribution in [0.5, 0.6) is 5.75 Å². The van der Waals surface area contributed by atoms with Crippen molar-refractivity contribution in [3.05, 3.63) is 29.8 Å². The van der Waals surface area contributed by atoms with Gasteiger partial charge in [0.2, 0.25) is 0 Å². The van der Waals surface area contributed by atoms with Gasteiger partial charge >= 0.3 is 0 Å². The Morgan fingerprint density at radius 1 is 1.37 bits per heavy atom. The number of hydrogen-bond acceptors (Lipinski definition) is 2. The van der Waals surface area contributed by atoms with Gasteiger partial charge in [-0.25, -0.2) is 0 Å². The summed E-state index contributed by atoms with van der Waals surface area (Å²) in [4.78, 5) is 14.6. The molecule has 3 nitrogen and oxygen atoms in total. The zero-order valence-corrected chi connectivity index (χ0v) is 11.5. The average Bonchev–Trinajstić information content (AvgIpc) is 3.13. The molecule has 0 spiro atoms. The first-order valence-electron chi connectivity index (χ1n) is 7.31. The molecule has 1 atom stereocenters. The fraction of sp³-hybridized carbons (Fsp3) is 0.562. The molecule has 0 N–H and O–H groups in total. The zero-order chi connectivity index (χ0) is 13.2. The molecular formula is C16H21NO2. The van der Waals surface area contributed by atoms with Crippen LogP contribution in [0.25, 0.3) is 0 Å². The van der Waals surface area contributed by atoms with E-state index in [0.29, 0.717) is 0 Å². The summed E-state index contributed by atoms with van der Waals surface area (Å²) in [6, 6.07) is 7.96. The smallest absolute Gasteiger partial charge is 0.264 e. The van der Waals surface area contributed by atoms with E-state index in [1.54, 1.807) is 0 Å². The van der Waals surface area contributed by atoms with Crippen molar-refractivity contribution in [2.75, 3.05) is 13.1 Å². The lowest BCUT2D eigenvalue weighted by atomic mass is 10.1. The molecule has 1 aliphatic carbocycles. The highest BCUT2D eigenvalue weighted by molar-refractivity contribution is 5.82. The van der Waals surface area contributed by atoms with Crippen LogP contribution >= 0.6 is 0 Å². The van der Waals surface area contributed by atoms with Gasteiger partial charge in [-0.2, -0.15) is 0 Å². The standard InChI is InChI=1S/C16H21NO2/c1-2-9-17(11-12-7-8-12)16(18)15-10-13-5-3-4-6-14(13)19-15/h3-6,12,15H,2,7-11H2,1H3. The van der Waals surface area contributed by atoms with Crippen LogP contribution < -0.4 is 4.74 Å². The van der Waals surface area contributed by atoms with Crippen molar-refractivity contribution in [3.63, 3.8) is 0 Å². The number of carbonyl (C=O) groups is 1. The Kier molecular flexibility index (Phi) is 3.45. The lowest BCUT2D eigenvalue weighted by Gasteiger charge is -2.24. The second-order valence-electron chi connectivity index (χ2n) is 5.65. The quantitative estimate of drug-likeness (QED) is 0.813. The number of ether oxygens (including phenoxy) is 1. The van der Waals surface area contributed by atoms with Gasteiger partial charge in [0.25, 0.3) is 5.91 Å². The van der Waals surface area contributed by atoms with Gasteiger partial charge in [-0.05, 0) is 36.8 Å². The normalized spacial score (nSPS) is 20.8. The molecule has 102 valence electrons. The monoisotopic (exact) mass is 259 g/mol. The topological polar surface area (TPSA) is 29.5 Å². The number of para-hydroxylation sites is 1. The summed E-state index contributed by atoms with van der Waals surface area (Å²) in [5.41, 5.74) is 1.16. The molecule has 0 bridgehead atoms. The minimum atomic E-state index is -0.303. The molecule has 1 amide bonds. The molecule has 1 heterocycles. The predicted octanol–water partition coefficient (Wildman–Crippen LogP) is 2.64. The molecule has 0 radical (unpaired) electrons. The van der Waals surface area contributed by atoms with Crippen LogP contribution in [-0.4, -0.2) is 30.0 Å². The fourth-order valence-electron chi connectivity index (χ4n) is 2.70. The van der Waals surface area contributed by atoms with Gasteiger partial charge in [-0.1, -0.05) is 25.1 Å². The minimum Gasteiger partial charge on any atom is -0.480 e. The molecule has 3 heteroatoms. The highest BCUT2D eigenvalue weighted by Crippen LogP contribution is 2.32. The van der Waals surface area contributed by atoms with E-state index in [4.69, 9.17) is 4.74 Å². The largest absolute Gasteiger partial charge is 0.480 e. The van der Waals surface area contributed by atoms with Crippen molar-refractivity contribution >= 4 is 5.91 Å². The molecule has 3 rings (SSSR count). The van der Waals surface area contributed by atoms with E-state index in [2.05, 4.69) is 6.92 Å². The first kappa shape index (κ1) is 12.5. The van der Waals surface area contributed by atoms with Gasteiger partial charge < -0.3 is 9.64 Å². The molecule has 2 aliphatic rings. The highest BCUT2D eigenvalue weighted by Gasteiger charge is 2.34. The molecule has 1 aliphatic heterocycles. The fourth-order valence-corrected chi connectivity index (χ4v) is 2.70. The molecule has 1 fully saturated rings. The number of amides is 1. The maximum Gasteiger partial charge on any atom is 0.264 e. The Balaban J connectivity index is 1.66. The van der Waals surface area contributed by atoms with E-state index in [-0.39, 0.29) is 12.0 Å². The summed E-state index contributed by atoms with van der Waals surface area (Å²) in [5.74, 6) is 1.79. The minimum absolute atomic E-state index is 0.171. The van der Waals surface area contributed by atoms with Crippen LogP contribution in [0, 0.1) is 5.92 Å². The van der Waals surface area contributed by atoms with Crippen LogP contribution in [0.4, 0.5) is 0 Å². The van der Waals surface area contributed by atoms with E-state index in [1.807, 2.05) is 29.2 Å². The predicted molar refractivity (Wildman–Crippen MR) is 74.2 cm³/mol. The van der Waals surface area contributed by atoms with Crippen LogP contribution in [0.2, 0.25) is 0 Å². The Bertz CT molecular complexity index is 443. The maximum atomic E-state index is 12.6. The third-order valence-corrected chi connectivity index (χ3v) is 3.90. The van der Waals surface area contributed by atoms with Crippen molar-refractivity contribution in [2.45, 2.75) is 38.7 Å². The van der Waals surface area contributed by atoms with Crippen molar-refractivity contribution in [1.29, 1.82) is 0 Å². The number of rotatable bonds is 5. The molecule has 1 aromatic rings. The van der Waals surface area contributed by atoms with Gasteiger partial charge in [0.1, 0.15) is 5.75 Å². The number of hydrogen-bond donors (Lipinski definition) is 0. The highest BCUT2D eigenvalue weighted by atomic mass is 16.5. The Morgan fingerprint density at radius 3 is 2.84 bits per heavy atom. The van der Waals surface area contributed by atoms with Gasteiger partial charge in [-0.3, -0.25) is 4.79 Å². The molecule has 1 unspecified atom stereocenters. The van der Waals surface area contributed by atoms with Crippen molar-refractivity contribution in [3.8, 4) is 5.75 Å². The van der Waals surface area contributed by atoms with Gasteiger partial charge in [0.05, 0.1) is 0 Å². The van der Waals surface area contributed by atoms with Crippen molar-refractivity contribution in [1.82, 2.24) is 4.90 Å². The molecule has 0 saturated heterocycles. The number of benzene rings is 1. The van der Waals surface area contributed by atoms with Gasteiger partial charge in [0, 0.05) is 19.5 Å². The molecule has 19 heavy (non-hydrogen) atoms. The number of nitrogens with zero attached hydrogens (tertiary/aromatic N) is 1. The van der Waals surface area contributed by atoms with Crippen LogP contribution in [0.3, 0.4) is 0 Å². The number of carbonyl (C=O) groups excluding carboxylic acids is 1. The summed E-state index contributed by atoms with van der Waals surface area (Å²) in [6.45, 7) is 3.89. The summed E-state index contributed by atoms with van der Waals surface area (Å²) in [7, 11) is 0. The summed E-state index contributed by atoms with van der Waals surface area (Å²) >= 11 is 0. The van der Waals surface area contributed by atoms with Crippen LogP contribution in [-0.2, 0) is 11.2 Å². The third kappa shape index (κ3) is 2.75. The Labute approximate surface area is 114 Å². The lowest BCUT2D eigenvalue weighted by molar-refractivity contribution is -0.138. The maximum absolute atomic E-state index is 12.6. The summed E-state index contributed by atoms with van der Waals surface area (Å²) < 4.78 is 5.81. The SMILES string of the molecule is CCCN(CC1CC1)C(=O)C1Cc2ccccc2O1. The van der Waals surface area contributed by atoms with Crippen molar-refractivity contribution < 1.29 is 9.53 Å². The first-order valence-corrected chi connectivity index (χ1v) is 7.31. The van der Waals surface area contributed by atoms with E-state index in [1.165, 1.54) is 12.8 Å². The molecular weight excluding hydrogens is 238 g/mol. The summed E-state index contributed by atoms with van der Waals surface area (Å²) in [5, 5.41) is 0.